The zero-order chi connectivity index (χ0) is 27.1. The molecule has 38 heavy (non-hydrogen) atoms. The quantitative estimate of drug-likeness (QED) is 0.348. The number of halogens is 3. The van der Waals surface area contributed by atoms with Gasteiger partial charge in [0, 0.05) is 36.6 Å². The molecule has 2 aromatic rings. The molecule has 0 bridgehead atoms. The monoisotopic (exact) mass is 532 g/mol. The number of hydrogen-bond donors (Lipinski definition) is 3. The first kappa shape index (κ1) is 27.8. The predicted octanol–water partition coefficient (Wildman–Crippen LogP) is 4.22. The minimum absolute atomic E-state index is 0.180. The van der Waals surface area contributed by atoms with Crippen LogP contribution in [0.1, 0.15) is 53.8 Å². The lowest BCUT2D eigenvalue weighted by molar-refractivity contribution is -0.141. The molecule has 1 aromatic carbocycles. The van der Waals surface area contributed by atoms with Gasteiger partial charge < -0.3 is 26.0 Å². The van der Waals surface area contributed by atoms with Crippen LogP contribution in [0.2, 0.25) is 0 Å². The number of carbonyl (C=O) groups is 1. The van der Waals surface area contributed by atoms with Crippen LogP contribution in [-0.4, -0.2) is 67.9 Å². The summed E-state index contributed by atoms with van der Waals surface area (Å²) in [6, 6.07) is 6.52. The fourth-order valence-corrected chi connectivity index (χ4v) is 4.91. The normalized spacial score (nSPS) is 18.1. The molecule has 11 heteroatoms. The average Bonchev–Trinajstić information content (AvgIpc) is 2.92. The summed E-state index contributed by atoms with van der Waals surface area (Å²) in [5.41, 5.74) is 5.96. The van der Waals surface area contributed by atoms with Crippen molar-refractivity contribution in [2.24, 2.45) is 10.9 Å². The van der Waals surface area contributed by atoms with Gasteiger partial charge >= 0.3 is 6.18 Å². The van der Waals surface area contributed by atoms with Gasteiger partial charge in [0.15, 0.2) is 0 Å². The molecule has 0 radical (unpaired) electrons. The van der Waals surface area contributed by atoms with Crippen LogP contribution in [0.15, 0.2) is 35.3 Å². The van der Waals surface area contributed by atoms with Crippen LogP contribution in [0.3, 0.4) is 0 Å². The van der Waals surface area contributed by atoms with E-state index in [1.54, 1.807) is 18.3 Å². The first-order chi connectivity index (χ1) is 18.2. The summed E-state index contributed by atoms with van der Waals surface area (Å²) >= 11 is 0. The molecule has 1 aromatic heterocycles. The van der Waals surface area contributed by atoms with E-state index in [0.717, 1.165) is 63.6 Å². The summed E-state index contributed by atoms with van der Waals surface area (Å²) < 4.78 is 44.3. The first-order valence-corrected chi connectivity index (χ1v) is 13.0. The number of nitrogens with two attached hydrogens (primary N) is 1. The number of aliphatic imine (C=N–C) groups is 1. The van der Waals surface area contributed by atoms with Crippen molar-refractivity contribution >= 4 is 23.5 Å². The molecule has 206 valence electrons. The number of hydrogen-bond acceptors (Lipinski definition) is 7. The molecule has 0 saturated carbocycles. The van der Waals surface area contributed by atoms with E-state index in [1.807, 2.05) is 0 Å². The molecule has 8 nitrogen and oxygen atoms in total. The van der Waals surface area contributed by atoms with Crippen LogP contribution in [0, 0.1) is 5.92 Å². The Hall–Kier alpha value is -3.18. The number of ether oxygens (including phenoxy) is 1. The number of methoxy groups -OCH3 is 1. The Morgan fingerprint density at radius 3 is 2.66 bits per heavy atom. The standard InChI is InChI=1S/C27H35F3N6O2/c1-38-24-16-21(31)19(15-23(24)35-26(37)22-3-2-4-25(34-22)27(28,29)30)17-33-20-8-13-36(14-9-20)12-7-18-5-10-32-11-6-18/h2-4,15-18,20,32H,5-14,31H2,1H3,(H,35,37). The highest BCUT2D eigenvalue weighted by atomic mass is 19.4. The van der Waals surface area contributed by atoms with Gasteiger partial charge in [-0.15, -0.1) is 0 Å². The summed E-state index contributed by atoms with van der Waals surface area (Å²) in [4.78, 5) is 23.4. The molecule has 0 atom stereocenters. The van der Waals surface area contributed by atoms with Crippen LogP contribution in [0.5, 0.6) is 5.75 Å². The number of amides is 1. The molecule has 0 aliphatic carbocycles. The summed E-state index contributed by atoms with van der Waals surface area (Å²) in [6.07, 6.45) is 2.76. The van der Waals surface area contributed by atoms with E-state index in [-0.39, 0.29) is 23.2 Å². The maximum absolute atomic E-state index is 13.0. The second-order valence-electron chi connectivity index (χ2n) is 9.87. The molecule has 1 amide bonds. The molecule has 4 rings (SSSR count). The van der Waals surface area contributed by atoms with E-state index in [4.69, 9.17) is 15.5 Å². The van der Waals surface area contributed by atoms with Gasteiger partial charge in [-0.3, -0.25) is 9.79 Å². The highest BCUT2D eigenvalue weighted by Gasteiger charge is 2.33. The predicted molar refractivity (Wildman–Crippen MR) is 142 cm³/mol. The molecule has 2 saturated heterocycles. The lowest BCUT2D eigenvalue weighted by Gasteiger charge is -2.32. The third-order valence-corrected chi connectivity index (χ3v) is 7.22. The number of nitrogens with one attached hydrogen (secondary N) is 2. The summed E-state index contributed by atoms with van der Waals surface area (Å²) in [5.74, 6) is 0.310. The van der Waals surface area contributed by atoms with Crippen molar-refractivity contribution in [3.63, 3.8) is 0 Å². The number of nitrogens with zero attached hydrogens (tertiary/aromatic N) is 3. The van der Waals surface area contributed by atoms with Crippen LogP contribution >= 0.6 is 0 Å². The van der Waals surface area contributed by atoms with Gasteiger partial charge in [-0.05, 0) is 75.9 Å². The Kier molecular flexibility index (Phi) is 9.22. The van der Waals surface area contributed by atoms with E-state index in [0.29, 0.717) is 11.3 Å². The third-order valence-electron chi connectivity index (χ3n) is 7.22. The van der Waals surface area contributed by atoms with E-state index in [9.17, 15) is 18.0 Å². The largest absolute Gasteiger partial charge is 0.494 e. The molecule has 2 aliphatic heterocycles. The van der Waals surface area contributed by atoms with Crippen molar-refractivity contribution in [3.05, 3.63) is 47.3 Å². The van der Waals surface area contributed by atoms with Gasteiger partial charge in [0.05, 0.1) is 18.8 Å². The summed E-state index contributed by atoms with van der Waals surface area (Å²) in [5, 5.41) is 6.00. The van der Waals surface area contributed by atoms with E-state index in [1.165, 1.54) is 32.4 Å². The van der Waals surface area contributed by atoms with Crippen molar-refractivity contribution in [1.29, 1.82) is 0 Å². The van der Waals surface area contributed by atoms with Crippen molar-refractivity contribution in [2.75, 3.05) is 50.9 Å². The van der Waals surface area contributed by atoms with Crippen LogP contribution in [0.4, 0.5) is 24.5 Å². The SMILES string of the molecule is COc1cc(N)c(C=NC2CCN(CCC3CCNCC3)CC2)cc1NC(=O)c1cccc(C(F)(F)F)n1. The minimum atomic E-state index is -4.65. The number of piperidine rings is 2. The fourth-order valence-electron chi connectivity index (χ4n) is 4.91. The average molecular weight is 533 g/mol. The van der Waals surface area contributed by atoms with Crippen molar-refractivity contribution in [3.8, 4) is 5.75 Å². The minimum Gasteiger partial charge on any atom is -0.494 e. The first-order valence-electron chi connectivity index (χ1n) is 13.0. The van der Waals surface area contributed by atoms with Crippen LogP contribution in [0.25, 0.3) is 0 Å². The van der Waals surface area contributed by atoms with Gasteiger partial charge in [0.25, 0.3) is 5.91 Å². The summed E-state index contributed by atoms with van der Waals surface area (Å²) in [6.45, 7) is 5.41. The number of pyridine rings is 1. The molecule has 2 aliphatic rings. The molecule has 4 N–H and O–H groups in total. The third kappa shape index (κ3) is 7.44. The van der Waals surface area contributed by atoms with E-state index in [2.05, 4.69) is 20.5 Å². The topological polar surface area (TPSA) is 105 Å². The number of likely N-dealkylation sites (tertiary alicyclic amines) is 1. The molecule has 0 spiro atoms. The Labute approximate surface area is 220 Å². The lowest BCUT2D eigenvalue weighted by atomic mass is 9.94. The lowest BCUT2D eigenvalue weighted by Crippen LogP contribution is -2.37. The van der Waals surface area contributed by atoms with Gasteiger partial charge in [-0.2, -0.15) is 13.2 Å². The maximum Gasteiger partial charge on any atom is 0.433 e. The van der Waals surface area contributed by atoms with Crippen LogP contribution in [-0.2, 0) is 6.18 Å². The maximum atomic E-state index is 13.0. The molecule has 3 heterocycles. The Bertz CT molecular complexity index is 1130. The zero-order valence-corrected chi connectivity index (χ0v) is 21.6. The van der Waals surface area contributed by atoms with E-state index < -0.39 is 17.8 Å². The number of carbonyl (C=O) groups excluding carboxylic acids is 1. The Balaban J connectivity index is 1.37. The van der Waals surface area contributed by atoms with Crippen molar-refractivity contribution in [2.45, 2.75) is 44.3 Å². The highest BCUT2D eigenvalue weighted by Crippen LogP contribution is 2.31. The number of benzene rings is 1. The molecular weight excluding hydrogens is 497 g/mol. The summed E-state index contributed by atoms with van der Waals surface area (Å²) in [7, 11) is 1.42. The van der Waals surface area contributed by atoms with Gasteiger partial charge in [0.1, 0.15) is 17.1 Å². The fraction of sp³-hybridized carbons (Fsp3) is 0.519. The Morgan fingerprint density at radius 1 is 1.24 bits per heavy atom. The van der Waals surface area contributed by atoms with Gasteiger partial charge in [-0.25, -0.2) is 4.98 Å². The number of alkyl halides is 3. The van der Waals surface area contributed by atoms with Gasteiger partial charge in [0.2, 0.25) is 0 Å². The second kappa shape index (κ2) is 12.6. The van der Waals surface area contributed by atoms with Crippen molar-refractivity contribution < 1.29 is 22.7 Å². The number of nitrogen functional groups attached to an aromatic ring is 1. The number of anilines is 2. The zero-order valence-electron chi connectivity index (χ0n) is 21.6. The smallest absolute Gasteiger partial charge is 0.433 e. The molecule has 0 unspecified atom stereocenters. The number of aromatic nitrogens is 1. The number of rotatable bonds is 8. The van der Waals surface area contributed by atoms with Gasteiger partial charge in [-0.1, -0.05) is 6.07 Å². The second-order valence-corrected chi connectivity index (χ2v) is 9.87. The Morgan fingerprint density at radius 2 is 1.97 bits per heavy atom. The van der Waals surface area contributed by atoms with Crippen molar-refractivity contribution in [1.82, 2.24) is 15.2 Å². The highest BCUT2D eigenvalue weighted by molar-refractivity contribution is 6.04. The van der Waals surface area contributed by atoms with E-state index >= 15 is 0 Å². The van der Waals surface area contributed by atoms with Crippen LogP contribution < -0.4 is 21.1 Å². The molecule has 2 fully saturated rings. The molecular formula is C27H35F3N6O2.